The molecule has 4 heterocycles. The molecule has 0 radical (unpaired) electrons. The lowest BCUT2D eigenvalue weighted by Gasteiger charge is -2.07. The number of hydrogen-bond acceptors (Lipinski definition) is 5. The fourth-order valence-corrected chi connectivity index (χ4v) is 3.92. The second-order valence-electron chi connectivity index (χ2n) is 7.28. The number of pyridine rings is 1. The Bertz CT molecular complexity index is 1170. The van der Waals surface area contributed by atoms with Gasteiger partial charge in [-0.3, -0.25) is 0 Å². The minimum atomic E-state index is 0.374. The van der Waals surface area contributed by atoms with Gasteiger partial charge in [0.2, 0.25) is 0 Å². The summed E-state index contributed by atoms with van der Waals surface area (Å²) < 4.78 is 3.95. The van der Waals surface area contributed by atoms with Crippen LogP contribution in [0.5, 0.6) is 0 Å². The van der Waals surface area contributed by atoms with Gasteiger partial charge in [-0.15, -0.1) is 5.10 Å². The molecule has 1 aliphatic carbocycles. The summed E-state index contributed by atoms with van der Waals surface area (Å²) in [7, 11) is 0. The summed E-state index contributed by atoms with van der Waals surface area (Å²) in [4.78, 5) is 18.5. The SMILES string of the molecule is Cc1nc(C2C[C@H]2c2nc3ccccn3c2C)cc(-n2nc(C)nc2C)n1. The summed E-state index contributed by atoms with van der Waals surface area (Å²) in [5.41, 5.74) is 4.46. The van der Waals surface area contributed by atoms with E-state index in [0.717, 1.165) is 41.1 Å². The number of imidazole rings is 1. The van der Waals surface area contributed by atoms with Gasteiger partial charge in [0.1, 0.15) is 23.1 Å². The van der Waals surface area contributed by atoms with Crippen molar-refractivity contribution in [1.82, 2.24) is 34.1 Å². The Morgan fingerprint density at radius 2 is 1.78 bits per heavy atom. The summed E-state index contributed by atoms with van der Waals surface area (Å²) in [6.07, 6.45) is 3.14. The molecule has 7 nitrogen and oxygen atoms in total. The van der Waals surface area contributed by atoms with Crippen molar-refractivity contribution in [3.05, 3.63) is 65.0 Å². The highest BCUT2D eigenvalue weighted by Gasteiger charge is 2.43. The lowest BCUT2D eigenvalue weighted by atomic mass is 10.1. The molecule has 1 aliphatic rings. The van der Waals surface area contributed by atoms with Gasteiger partial charge < -0.3 is 4.40 Å². The maximum atomic E-state index is 4.86. The average molecular weight is 359 g/mol. The van der Waals surface area contributed by atoms with Crippen molar-refractivity contribution in [2.45, 2.75) is 46.0 Å². The van der Waals surface area contributed by atoms with E-state index in [1.165, 1.54) is 11.4 Å². The van der Waals surface area contributed by atoms with Crippen molar-refractivity contribution < 1.29 is 0 Å². The molecule has 0 aliphatic heterocycles. The lowest BCUT2D eigenvalue weighted by molar-refractivity contribution is 0.777. The molecule has 4 aromatic heterocycles. The van der Waals surface area contributed by atoms with Crippen molar-refractivity contribution in [2.75, 3.05) is 0 Å². The van der Waals surface area contributed by atoms with Crippen LogP contribution in [0.1, 0.15) is 52.8 Å². The zero-order valence-electron chi connectivity index (χ0n) is 15.9. The van der Waals surface area contributed by atoms with Crippen LogP contribution in [0.4, 0.5) is 0 Å². The van der Waals surface area contributed by atoms with Crippen LogP contribution in [-0.4, -0.2) is 34.1 Å². The Hall–Kier alpha value is -3.09. The number of hydrogen-bond donors (Lipinski definition) is 0. The van der Waals surface area contributed by atoms with E-state index in [-0.39, 0.29) is 0 Å². The number of aryl methyl sites for hydroxylation is 4. The molecule has 27 heavy (non-hydrogen) atoms. The topological polar surface area (TPSA) is 73.8 Å². The van der Waals surface area contributed by atoms with E-state index in [9.17, 15) is 0 Å². The predicted molar refractivity (Wildman–Crippen MR) is 101 cm³/mol. The molecule has 136 valence electrons. The van der Waals surface area contributed by atoms with E-state index in [4.69, 9.17) is 9.97 Å². The van der Waals surface area contributed by atoms with Crippen molar-refractivity contribution in [3.8, 4) is 5.82 Å². The minimum absolute atomic E-state index is 0.374. The highest BCUT2D eigenvalue weighted by molar-refractivity contribution is 5.46. The number of rotatable bonds is 3. The van der Waals surface area contributed by atoms with Gasteiger partial charge in [-0.1, -0.05) is 6.07 Å². The first-order chi connectivity index (χ1) is 13.0. The maximum Gasteiger partial charge on any atom is 0.159 e. The van der Waals surface area contributed by atoms with Crippen LogP contribution in [-0.2, 0) is 0 Å². The molecular weight excluding hydrogens is 338 g/mol. The molecular formula is C20H21N7. The van der Waals surface area contributed by atoms with E-state index < -0.39 is 0 Å². The molecule has 0 spiro atoms. The molecule has 5 rings (SSSR count). The highest BCUT2D eigenvalue weighted by Crippen LogP contribution is 2.54. The Balaban J connectivity index is 1.51. The quantitative estimate of drug-likeness (QED) is 0.561. The van der Waals surface area contributed by atoms with Crippen molar-refractivity contribution in [1.29, 1.82) is 0 Å². The fourth-order valence-electron chi connectivity index (χ4n) is 3.92. The van der Waals surface area contributed by atoms with Crippen molar-refractivity contribution in [3.63, 3.8) is 0 Å². The minimum Gasteiger partial charge on any atom is -0.304 e. The van der Waals surface area contributed by atoms with Gasteiger partial charge in [0.15, 0.2) is 5.82 Å². The maximum absolute atomic E-state index is 4.86. The Morgan fingerprint density at radius 1 is 0.926 bits per heavy atom. The van der Waals surface area contributed by atoms with Crippen molar-refractivity contribution in [2.24, 2.45) is 0 Å². The second kappa shape index (κ2) is 5.70. The number of fused-ring (bicyclic) bond motifs is 1. The van der Waals surface area contributed by atoms with Gasteiger partial charge in [0, 0.05) is 29.8 Å². The molecule has 1 saturated carbocycles. The third-order valence-electron chi connectivity index (χ3n) is 5.26. The second-order valence-corrected chi connectivity index (χ2v) is 7.28. The van der Waals surface area contributed by atoms with Gasteiger partial charge in [-0.05, 0) is 46.2 Å². The fraction of sp³-hybridized carbons (Fsp3) is 0.350. The van der Waals surface area contributed by atoms with Crippen molar-refractivity contribution >= 4 is 5.65 Å². The predicted octanol–water partition coefficient (Wildman–Crippen LogP) is 3.21. The van der Waals surface area contributed by atoms with Crippen LogP contribution in [0.15, 0.2) is 30.5 Å². The largest absolute Gasteiger partial charge is 0.304 e. The third kappa shape index (κ3) is 2.61. The standard InChI is InChI=1S/C20H21N7/c1-11-20(24-18-7-5-6-8-26(11)18)16-9-15(16)17-10-19(23-12(2)22-17)27-14(4)21-13(3)25-27/h5-8,10,15-16H,9H2,1-4H3/t15?,16-/m1/s1. The Labute approximate surface area is 157 Å². The van der Waals surface area contributed by atoms with Crippen LogP contribution in [0.25, 0.3) is 11.5 Å². The summed E-state index contributed by atoms with van der Waals surface area (Å²) in [6, 6.07) is 8.16. The van der Waals surface area contributed by atoms with E-state index in [0.29, 0.717) is 11.8 Å². The first-order valence-corrected chi connectivity index (χ1v) is 9.21. The summed E-state index contributed by atoms with van der Waals surface area (Å²) in [5.74, 6) is 3.90. The highest BCUT2D eigenvalue weighted by atomic mass is 15.4. The molecule has 0 N–H and O–H groups in total. The summed E-state index contributed by atoms with van der Waals surface area (Å²) >= 11 is 0. The van der Waals surface area contributed by atoms with Crippen LogP contribution in [0.3, 0.4) is 0 Å². The zero-order chi connectivity index (χ0) is 18.7. The molecule has 0 bridgehead atoms. The molecule has 0 aromatic carbocycles. The molecule has 1 fully saturated rings. The number of aromatic nitrogens is 7. The van der Waals surface area contributed by atoms with Gasteiger partial charge in [-0.2, -0.15) is 4.68 Å². The smallest absolute Gasteiger partial charge is 0.159 e. The third-order valence-corrected chi connectivity index (χ3v) is 5.26. The molecule has 0 saturated heterocycles. The average Bonchev–Trinajstić information content (AvgIpc) is 3.27. The Kier molecular flexibility index (Phi) is 3.40. The molecule has 0 amide bonds. The lowest BCUT2D eigenvalue weighted by Crippen LogP contribution is -2.06. The van der Waals surface area contributed by atoms with Crippen LogP contribution < -0.4 is 0 Å². The van der Waals surface area contributed by atoms with Gasteiger partial charge in [0.25, 0.3) is 0 Å². The van der Waals surface area contributed by atoms with E-state index in [1.807, 2.05) is 39.0 Å². The van der Waals surface area contributed by atoms with E-state index >= 15 is 0 Å². The summed E-state index contributed by atoms with van der Waals surface area (Å²) in [5, 5.41) is 4.46. The number of nitrogens with zero attached hydrogens (tertiary/aromatic N) is 7. The first-order valence-electron chi connectivity index (χ1n) is 9.21. The Morgan fingerprint density at radius 3 is 2.52 bits per heavy atom. The molecule has 2 atom stereocenters. The van der Waals surface area contributed by atoms with Crippen LogP contribution >= 0.6 is 0 Å². The monoisotopic (exact) mass is 359 g/mol. The van der Waals surface area contributed by atoms with Crippen LogP contribution in [0, 0.1) is 27.7 Å². The van der Waals surface area contributed by atoms with E-state index in [2.05, 4.69) is 38.7 Å². The first kappa shape index (κ1) is 16.1. The van der Waals surface area contributed by atoms with Crippen LogP contribution in [0.2, 0.25) is 0 Å². The zero-order valence-corrected chi connectivity index (χ0v) is 15.9. The molecule has 4 aromatic rings. The van der Waals surface area contributed by atoms with Gasteiger partial charge in [0.05, 0.1) is 11.4 Å². The van der Waals surface area contributed by atoms with Gasteiger partial charge in [-0.25, -0.2) is 19.9 Å². The normalized spacial score (nSPS) is 19.0. The molecule has 1 unspecified atom stereocenters. The van der Waals surface area contributed by atoms with Gasteiger partial charge >= 0.3 is 0 Å². The van der Waals surface area contributed by atoms with E-state index in [1.54, 1.807) is 4.68 Å². The summed E-state index contributed by atoms with van der Waals surface area (Å²) in [6.45, 7) is 7.90. The molecule has 7 heteroatoms.